The Morgan fingerprint density at radius 1 is 1.47 bits per heavy atom. The maximum Gasteiger partial charge on any atom is 0.303 e. The van der Waals surface area contributed by atoms with Gasteiger partial charge < -0.3 is 14.7 Å². The number of carboxylic acids is 1. The topological polar surface area (TPSA) is 66.8 Å². The fourth-order valence-corrected chi connectivity index (χ4v) is 2.11. The molecule has 2 unspecified atom stereocenters. The number of carbonyl (C=O) groups is 2. The Labute approximate surface area is 102 Å². The predicted octanol–water partition coefficient (Wildman–Crippen LogP) is 1.12. The number of hydrogen-bond acceptors (Lipinski definition) is 3. The molecule has 98 valence electrons. The highest BCUT2D eigenvalue weighted by atomic mass is 16.5. The molecule has 0 aromatic rings. The molecule has 1 aliphatic rings. The van der Waals surface area contributed by atoms with Gasteiger partial charge in [-0.3, -0.25) is 9.59 Å². The molecule has 1 aliphatic heterocycles. The predicted molar refractivity (Wildman–Crippen MR) is 62.6 cm³/mol. The van der Waals surface area contributed by atoms with Gasteiger partial charge in [0.25, 0.3) is 0 Å². The second-order valence-electron chi connectivity index (χ2n) is 4.63. The quantitative estimate of drug-likeness (QED) is 0.786. The minimum absolute atomic E-state index is 0.0485. The van der Waals surface area contributed by atoms with Gasteiger partial charge in [0.05, 0.1) is 19.3 Å². The van der Waals surface area contributed by atoms with Gasteiger partial charge in [0.1, 0.15) is 0 Å². The maximum atomic E-state index is 12.0. The van der Waals surface area contributed by atoms with E-state index >= 15 is 0 Å². The molecular weight excluding hydrogens is 222 g/mol. The van der Waals surface area contributed by atoms with Gasteiger partial charge in [-0.2, -0.15) is 0 Å². The van der Waals surface area contributed by atoms with E-state index < -0.39 is 5.97 Å². The lowest BCUT2D eigenvalue weighted by molar-refractivity contribution is -0.142. The zero-order valence-electron chi connectivity index (χ0n) is 10.5. The van der Waals surface area contributed by atoms with E-state index in [0.717, 1.165) is 6.42 Å². The molecule has 0 aromatic carbocycles. The largest absolute Gasteiger partial charge is 0.481 e. The monoisotopic (exact) mass is 243 g/mol. The van der Waals surface area contributed by atoms with Crippen LogP contribution in [0.25, 0.3) is 0 Å². The van der Waals surface area contributed by atoms with E-state index in [0.29, 0.717) is 26.2 Å². The average Bonchev–Trinajstić information content (AvgIpc) is 2.27. The summed E-state index contributed by atoms with van der Waals surface area (Å²) < 4.78 is 5.33. The third kappa shape index (κ3) is 4.34. The second-order valence-corrected chi connectivity index (χ2v) is 4.63. The van der Waals surface area contributed by atoms with Gasteiger partial charge in [-0.15, -0.1) is 0 Å². The summed E-state index contributed by atoms with van der Waals surface area (Å²) >= 11 is 0. The van der Waals surface area contributed by atoms with Crippen molar-refractivity contribution in [3.8, 4) is 0 Å². The highest BCUT2D eigenvalue weighted by Crippen LogP contribution is 2.16. The van der Waals surface area contributed by atoms with E-state index in [-0.39, 0.29) is 24.3 Å². The number of carbonyl (C=O) groups excluding carboxylic acids is 1. The van der Waals surface area contributed by atoms with Crippen LogP contribution in [0.4, 0.5) is 0 Å². The third-order valence-electron chi connectivity index (χ3n) is 3.07. The zero-order valence-corrected chi connectivity index (χ0v) is 10.5. The number of morpholine rings is 1. The molecule has 1 fully saturated rings. The van der Waals surface area contributed by atoms with Gasteiger partial charge in [0.2, 0.25) is 5.91 Å². The zero-order chi connectivity index (χ0) is 12.8. The summed E-state index contributed by atoms with van der Waals surface area (Å²) in [4.78, 5) is 24.4. The van der Waals surface area contributed by atoms with Gasteiger partial charge in [0.15, 0.2) is 0 Å². The fraction of sp³-hybridized carbons (Fsp3) is 0.833. The molecule has 0 aromatic heterocycles. The molecule has 1 rings (SSSR count). The van der Waals surface area contributed by atoms with Gasteiger partial charge in [-0.25, -0.2) is 0 Å². The SMILES string of the molecule is CCC1COCCN1C(=O)CC(C)CC(=O)O. The van der Waals surface area contributed by atoms with Crippen LogP contribution >= 0.6 is 0 Å². The van der Waals surface area contributed by atoms with Crippen LogP contribution in [0.15, 0.2) is 0 Å². The molecule has 1 amide bonds. The van der Waals surface area contributed by atoms with Crippen molar-refractivity contribution in [2.24, 2.45) is 5.92 Å². The molecule has 5 heteroatoms. The van der Waals surface area contributed by atoms with Crippen LogP contribution in [0.2, 0.25) is 0 Å². The molecule has 0 bridgehead atoms. The molecule has 0 spiro atoms. The summed E-state index contributed by atoms with van der Waals surface area (Å²) in [6, 6.07) is 0.147. The molecule has 0 aliphatic carbocycles. The van der Waals surface area contributed by atoms with E-state index in [4.69, 9.17) is 9.84 Å². The summed E-state index contributed by atoms with van der Waals surface area (Å²) in [7, 11) is 0. The summed E-state index contributed by atoms with van der Waals surface area (Å²) in [6.45, 7) is 5.62. The van der Waals surface area contributed by atoms with Crippen LogP contribution in [0, 0.1) is 5.92 Å². The van der Waals surface area contributed by atoms with Crippen LogP contribution in [0.5, 0.6) is 0 Å². The lowest BCUT2D eigenvalue weighted by Gasteiger charge is -2.35. The van der Waals surface area contributed by atoms with Gasteiger partial charge in [-0.05, 0) is 12.3 Å². The Morgan fingerprint density at radius 3 is 2.76 bits per heavy atom. The number of aliphatic carboxylic acids is 1. The number of carboxylic acid groups (broad SMARTS) is 1. The van der Waals surface area contributed by atoms with Crippen LogP contribution in [0.1, 0.15) is 33.1 Å². The van der Waals surface area contributed by atoms with E-state index in [1.807, 2.05) is 11.8 Å². The van der Waals surface area contributed by atoms with Gasteiger partial charge in [-0.1, -0.05) is 13.8 Å². The first-order valence-corrected chi connectivity index (χ1v) is 6.13. The van der Waals surface area contributed by atoms with E-state index in [1.165, 1.54) is 0 Å². The average molecular weight is 243 g/mol. The standard InChI is InChI=1S/C12H21NO4/c1-3-10-8-17-5-4-13(10)11(14)6-9(2)7-12(15)16/h9-10H,3-8H2,1-2H3,(H,15,16). The first-order chi connectivity index (χ1) is 8.04. The van der Waals surface area contributed by atoms with Crippen molar-refractivity contribution in [3.63, 3.8) is 0 Å². The molecule has 1 heterocycles. The Hall–Kier alpha value is -1.10. The van der Waals surface area contributed by atoms with Crippen molar-refractivity contribution in [1.29, 1.82) is 0 Å². The van der Waals surface area contributed by atoms with Crippen molar-refractivity contribution in [2.45, 2.75) is 39.2 Å². The molecular formula is C12H21NO4. The van der Waals surface area contributed by atoms with Crippen LogP contribution in [-0.2, 0) is 14.3 Å². The Bertz CT molecular complexity index is 280. The second kappa shape index (κ2) is 6.59. The maximum absolute atomic E-state index is 12.0. The van der Waals surface area contributed by atoms with Crippen LogP contribution < -0.4 is 0 Å². The molecule has 17 heavy (non-hydrogen) atoms. The minimum atomic E-state index is -0.848. The summed E-state index contributed by atoms with van der Waals surface area (Å²) in [5.74, 6) is -0.909. The molecule has 0 saturated carbocycles. The van der Waals surface area contributed by atoms with E-state index in [9.17, 15) is 9.59 Å². The first-order valence-electron chi connectivity index (χ1n) is 6.13. The number of ether oxygens (including phenoxy) is 1. The molecule has 2 atom stereocenters. The summed E-state index contributed by atoms with van der Waals surface area (Å²) in [5.41, 5.74) is 0. The molecule has 1 saturated heterocycles. The molecule has 0 radical (unpaired) electrons. The van der Waals surface area contributed by atoms with Crippen LogP contribution in [-0.4, -0.2) is 47.7 Å². The summed E-state index contributed by atoms with van der Waals surface area (Å²) in [6.07, 6.45) is 1.23. The van der Waals surface area contributed by atoms with E-state index in [2.05, 4.69) is 0 Å². The molecule has 5 nitrogen and oxygen atoms in total. The van der Waals surface area contributed by atoms with Crippen LogP contribution in [0.3, 0.4) is 0 Å². The summed E-state index contributed by atoms with van der Waals surface area (Å²) in [5, 5.41) is 8.66. The molecule has 1 N–H and O–H groups in total. The minimum Gasteiger partial charge on any atom is -0.481 e. The van der Waals surface area contributed by atoms with Gasteiger partial charge in [0, 0.05) is 19.4 Å². The van der Waals surface area contributed by atoms with Crippen molar-refractivity contribution in [1.82, 2.24) is 4.90 Å². The number of hydrogen-bond donors (Lipinski definition) is 1. The Morgan fingerprint density at radius 2 is 2.18 bits per heavy atom. The lowest BCUT2D eigenvalue weighted by atomic mass is 10.0. The first kappa shape index (κ1) is 14.0. The normalized spacial score (nSPS) is 22.2. The highest BCUT2D eigenvalue weighted by molar-refractivity contribution is 5.77. The number of rotatable bonds is 5. The fourth-order valence-electron chi connectivity index (χ4n) is 2.11. The van der Waals surface area contributed by atoms with Crippen molar-refractivity contribution in [3.05, 3.63) is 0 Å². The smallest absolute Gasteiger partial charge is 0.303 e. The number of amides is 1. The van der Waals surface area contributed by atoms with E-state index in [1.54, 1.807) is 6.92 Å². The third-order valence-corrected chi connectivity index (χ3v) is 3.07. The lowest BCUT2D eigenvalue weighted by Crippen LogP contribution is -2.48. The van der Waals surface area contributed by atoms with Crippen molar-refractivity contribution >= 4 is 11.9 Å². The van der Waals surface area contributed by atoms with Crippen molar-refractivity contribution in [2.75, 3.05) is 19.8 Å². The highest BCUT2D eigenvalue weighted by Gasteiger charge is 2.26. The Kier molecular flexibility index (Phi) is 5.41. The number of nitrogens with zero attached hydrogens (tertiary/aromatic N) is 1. The van der Waals surface area contributed by atoms with Crippen molar-refractivity contribution < 1.29 is 19.4 Å². The Balaban J connectivity index is 2.47. The van der Waals surface area contributed by atoms with Gasteiger partial charge >= 0.3 is 5.97 Å².